The summed E-state index contributed by atoms with van der Waals surface area (Å²) in [6.07, 6.45) is 4.24. The second-order valence-corrected chi connectivity index (χ2v) is 5.93. The molecule has 0 bridgehead atoms. The fourth-order valence-corrected chi connectivity index (χ4v) is 3.05. The first-order valence-electron chi connectivity index (χ1n) is 6.91. The summed E-state index contributed by atoms with van der Waals surface area (Å²) < 4.78 is 5.16. The standard InChI is InChI=1S/C16H22O3/c1-9(2)12-6-5-10(3)7-13(12)15-14(17)8-11(4)19-16(15)18/h7-9,12-13,17H,5-6H2,1-4H3/t12-,13+/m1/s1. The minimum Gasteiger partial charge on any atom is -0.507 e. The van der Waals surface area contributed by atoms with Crippen LogP contribution in [0.1, 0.15) is 50.9 Å². The highest BCUT2D eigenvalue weighted by atomic mass is 16.4. The minimum absolute atomic E-state index is 0.0365. The van der Waals surface area contributed by atoms with Gasteiger partial charge in [-0.15, -0.1) is 0 Å². The maximum atomic E-state index is 12.1. The van der Waals surface area contributed by atoms with Crippen LogP contribution in [-0.2, 0) is 0 Å². The van der Waals surface area contributed by atoms with Gasteiger partial charge in [0.2, 0.25) is 0 Å². The Morgan fingerprint density at radius 2 is 2.05 bits per heavy atom. The number of hydrogen-bond acceptors (Lipinski definition) is 3. The average Bonchev–Trinajstić information content (AvgIpc) is 2.27. The fourth-order valence-electron chi connectivity index (χ4n) is 3.05. The number of aromatic hydroxyl groups is 1. The number of rotatable bonds is 2. The molecule has 0 fully saturated rings. The summed E-state index contributed by atoms with van der Waals surface area (Å²) in [4.78, 5) is 12.1. The van der Waals surface area contributed by atoms with E-state index in [4.69, 9.17) is 4.42 Å². The highest BCUT2D eigenvalue weighted by Crippen LogP contribution is 2.41. The van der Waals surface area contributed by atoms with Gasteiger partial charge in [-0.05, 0) is 38.5 Å². The summed E-state index contributed by atoms with van der Waals surface area (Å²) in [6, 6.07) is 1.53. The fraction of sp³-hybridized carbons (Fsp3) is 0.562. The van der Waals surface area contributed by atoms with Gasteiger partial charge in [-0.1, -0.05) is 25.5 Å². The molecule has 1 heterocycles. The van der Waals surface area contributed by atoms with Gasteiger partial charge in [0.25, 0.3) is 0 Å². The molecule has 3 heteroatoms. The molecule has 0 aromatic carbocycles. The maximum absolute atomic E-state index is 12.1. The van der Waals surface area contributed by atoms with E-state index in [1.165, 1.54) is 11.6 Å². The Morgan fingerprint density at radius 1 is 1.37 bits per heavy atom. The third-order valence-corrected chi connectivity index (χ3v) is 4.08. The third-order valence-electron chi connectivity index (χ3n) is 4.08. The van der Waals surface area contributed by atoms with Gasteiger partial charge in [-0.25, -0.2) is 4.79 Å². The van der Waals surface area contributed by atoms with Crippen molar-refractivity contribution in [3.8, 4) is 5.75 Å². The lowest BCUT2D eigenvalue weighted by molar-refractivity contribution is 0.301. The summed E-state index contributed by atoms with van der Waals surface area (Å²) in [5.41, 5.74) is 1.30. The Kier molecular flexibility index (Phi) is 3.83. The Balaban J connectivity index is 2.54. The Morgan fingerprint density at radius 3 is 2.63 bits per heavy atom. The minimum atomic E-state index is -0.404. The molecule has 1 aromatic heterocycles. The first-order chi connectivity index (χ1) is 8.90. The summed E-state index contributed by atoms with van der Waals surface area (Å²) >= 11 is 0. The summed E-state index contributed by atoms with van der Waals surface area (Å²) in [7, 11) is 0. The Bertz CT molecular complexity index is 552. The van der Waals surface area contributed by atoms with Gasteiger partial charge in [0.1, 0.15) is 11.5 Å². The zero-order valence-electron chi connectivity index (χ0n) is 12.1. The van der Waals surface area contributed by atoms with Gasteiger partial charge in [0.15, 0.2) is 0 Å². The van der Waals surface area contributed by atoms with E-state index in [0.29, 0.717) is 23.2 Å². The molecule has 0 aliphatic heterocycles. The van der Waals surface area contributed by atoms with E-state index < -0.39 is 5.63 Å². The topological polar surface area (TPSA) is 50.4 Å². The summed E-state index contributed by atoms with van der Waals surface area (Å²) in [5.74, 6) is 1.32. The molecule has 0 spiro atoms. The molecule has 0 saturated heterocycles. The number of hydrogen-bond donors (Lipinski definition) is 1. The van der Waals surface area contributed by atoms with Crippen LogP contribution in [-0.4, -0.2) is 5.11 Å². The van der Waals surface area contributed by atoms with Gasteiger partial charge in [0.05, 0.1) is 5.56 Å². The normalized spacial score (nSPS) is 23.5. The summed E-state index contributed by atoms with van der Waals surface area (Å²) in [6.45, 7) is 8.08. The lowest BCUT2D eigenvalue weighted by Crippen LogP contribution is -2.25. The monoisotopic (exact) mass is 262 g/mol. The molecule has 1 aromatic rings. The molecular formula is C16H22O3. The van der Waals surface area contributed by atoms with Crippen LogP contribution in [0.25, 0.3) is 0 Å². The van der Waals surface area contributed by atoms with E-state index in [1.807, 2.05) is 0 Å². The van der Waals surface area contributed by atoms with Crippen molar-refractivity contribution in [3.63, 3.8) is 0 Å². The van der Waals surface area contributed by atoms with Gasteiger partial charge < -0.3 is 9.52 Å². The van der Waals surface area contributed by atoms with Gasteiger partial charge in [-0.2, -0.15) is 0 Å². The van der Waals surface area contributed by atoms with Crippen LogP contribution in [0.3, 0.4) is 0 Å². The molecule has 1 aliphatic rings. The van der Waals surface area contributed by atoms with Crippen molar-refractivity contribution in [1.82, 2.24) is 0 Å². The molecule has 1 aliphatic carbocycles. The van der Waals surface area contributed by atoms with Crippen LogP contribution < -0.4 is 5.63 Å². The maximum Gasteiger partial charge on any atom is 0.343 e. The molecule has 2 rings (SSSR count). The van der Waals surface area contributed by atoms with Crippen molar-refractivity contribution in [3.05, 3.63) is 39.5 Å². The molecule has 19 heavy (non-hydrogen) atoms. The Hall–Kier alpha value is -1.51. The molecular weight excluding hydrogens is 240 g/mol. The van der Waals surface area contributed by atoms with Crippen molar-refractivity contribution >= 4 is 0 Å². The smallest absolute Gasteiger partial charge is 0.343 e. The SMILES string of the molecule is CC1=C[C@H](c2c(O)cc(C)oc2=O)[C@@H](C(C)C)CC1. The van der Waals surface area contributed by atoms with Crippen molar-refractivity contribution in [2.45, 2.75) is 46.5 Å². The first kappa shape index (κ1) is 13.9. The molecule has 1 N–H and O–H groups in total. The van der Waals surface area contributed by atoms with Crippen molar-refractivity contribution in [2.24, 2.45) is 11.8 Å². The predicted octanol–water partition coefficient (Wildman–Crippen LogP) is 3.75. The molecule has 104 valence electrons. The van der Waals surface area contributed by atoms with E-state index >= 15 is 0 Å². The van der Waals surface area contributed by atoms with E-state index in [2.05, 4.69) is 26.8 Å². The largest absolute Gasteiger partial charge is 0.507 e. The first-order valence-corrected chi connectivity index (χ1v) is 6.91. The van der Waals surface area contributed by atoms with Gasteiger partial charge >= 0.3 is 5.63 Å². The van der Waals surface area contributed by atoms with E-state index in [9.17, 15) is 9.90 Å². The predicted molar refractivity (Wildman–Crippen MR) is 75.4 cm³/mol. The molecule has 0 saturated carbocycles. The second-order valence-electron chi connectivity index (χ2n) is 5.93. The van der Waals surface area contributed by atoms with Crippen LogP contribution in [0.2, 0.25) is 0 Å². The lowest BCUT2D eigenvalue weighted by Gasteiger charge is -2.32. The number of aryl methyl sites for hydroxylation is 1. The highest BCUT2D eigenvalue weighted by Gasteiger charge is 2.31. The highest BCUT2D eigenvalue weighted by molar-refractivity contribution is 5.37. The van der Waals surface area contributed by atoms with E-state index in [0.717, 1.165) is 12.8 Å². The lowest BCUT2D eigenvalue weighted by atomic mass is 9.72. The van der Waals surface area contributed by atoms with Crippen molar-refractivity contribution < 1.29 is 9.52 Å². The van der Waals surface area contributed by atoms with Gasteiger partial charge in [-0.3, -0.25) is 0 Å². The van der Waals surface area contributed by atoms with Crippen LogP contribution in [0.4, 0.5) is 0 Å². The molecule has 0 amide bonds. The molecule has 0 unspecified atom stereocenters. The van der Waals surface area contributed by atoms with E-state index in [-0.39, 0.29) is 11.7 Å². The van der Waals surface area contributed by atoms with Crippen LogP contribution in [0, 0.1) is 18.8 Å². The molecule has 3 nitrogen and oxygen atoms in total. The van der Waals surface area contributed by atoms with E-state index in [1.54, 1.807) is 6.92 Å². The second kappa shape index (κ2) is 5.24. The number of allylic oxidation sites excluding steroid dienone is 2. The summed E-state index contributed by atoms with van der Waals surface area (Å²) in [5, 5.41) is 10.1. The Labute approximate surface area is 114 Å². The third kappa shape index (κ3) is 2.75. The zero-order chi connectivity index (χ0) is 14.2. The molecule has 2 atom stereocenters. The zero-order valence-corrected chi connectivity index (χ0v) is 12.1. The molecule has 0 radical (unpaired) electrons. The van der Waals surface area contributed by atoms with Gasteiger partial charge in [0, 0.05) is 12.0 Å². The van der Waals surface area contributed by atoms with Crippen LogP contribution in [0.15, 0.2) is 26.9 Å². The van der Waals surface area contributed by atoms with Crippen LogP contribution in [0.5, 0.6) is 5.75 Å². The van der Waals surface area contributed by atoms with Crippen molar-refractivity contribution in [2.75, 3.05) is 0 Å². The quantitative estimate of drug-likeness (QED) is 0.826. The van der Waals surface area contributed by atoms with Crippen LogP contribution >= 0.6 is 0 Å². The van der Waals surface area contributed by atoms with Crippen molar-refractivity contribution in [1.29, 1.82) is 0 Å². The average molecular weight is 262 g/mol.